The van der Waals surface area contributed by atoms with Gasteiger partial charge in [0.05, 0.1) is 35.2 Å². The third kappa shape index (κ3) is 9.28. The van der Waals surface area contributed by atoms with E-state index in [1.165, 1.54) is 59.3 Å². The van der Waals surface area contributed by atoms with Crippen molar-refractivity contribution in [1.29, 1.82) is 0 Å². The Morgan fingerprint density at radius 3 is 2.29 bits per heavy atom. The molecule has 3 aliphatic heterocycles. The van der Waals surface area contributed by atoms with Gasteiger partial charge in [0.25, 0.3) is 5.91 Å². The molecule has 3 aromatic carbocycles. The zero-order chi connectivity index (χ0) is 49.7. The molecular weight excluding hydrogens is 877 g/mol. The number of phenolic OH excluding ortho intramolecular Hbond substituents is 1. The first-order valence-electron chi connectivity index (χ1n) is 23.2. The van der Waals surface area contributed by atoms with Gasteiger partial charge in [-0.2, -0.15) is 0 Å². The van der Waals surface area contributed by atoms with Crippen LogP contribution in [-0.2, 0) is 23.8 Å². The van der Waals surface area contributed by atoms with Crippen LogP contribution in [-0.4, -0.2) is 112 Å². The van der Waals surface area contributed by atoms with Crippen molar-refractivity contribution < 1.29 is 53.4 Å². The van der Waals surface area contributed by atoms with E-state index in [-0.39, 0.29) is 60.8 Å². The molecule has 0 unspecified atom stereocenters. The molecule has 7 rings (SSSR count). The number of aliphatic hydroxyl groups excluding tert-OH is 3. The summed E-state index contributed by atoms with van der Waals surface area (Å²) in [6.45, 7) is 20.8. The van der Waals surface area contributed by atoms with E-state index in [4.69, 9.17) is 28.3 Å². The second-order valence-electron chi connectivity index (χ2n) is 19.2. The Bertz CT molecular complexity index is 2900. The minimum atomic E-state index is -1.98. The number of nitrogens with zero attached hydrogens (tertiary/aromatic N) is 3. The first kappa shape index (κ1) is 49.9. The number of aromatic hydroxyl groups is 1. The number of phenols is 1. The van der Waals surface area contributed by atoms with E-state index in [1.807, 2.05) is 0 Å². The molecule has 4 bridgehead atoms. The van der Waals surface area contributed by atoms with Crippen LogP contribution in [0.1, 0.15) is 67.9 Å². The van der Waals surface area contributed by atoms with Crippen molar-refractivity contribution in [1.82, 2.24) is 9.88 Å². The second kappa shape index (κ2) is 19.5. The van der Waals surface area contributed by atoms with E-state index in [0.29, 0.717) is 24.7 Å². The van der Waals surface area contributed by atoms with Gasteiger partial charge in [-0.15, -0.1) is 0 Å². The number of aromatic nitrogens is 1. The number of carbonyl (C=O) groups excluding carboxylic acids is 2. The van der Waals surface area contributed by atoms with Gasteiger partial charge in [-0.1, -0.05) is 59.8 Å². The molecule has 68 heavy (non-hydrogen) atoms. The van der Waals surface area contributed by atoms with Gasteiger partial charge in [0.15, 0.2) is 22.4 Å². The summed E-state index contributed by atoms with van der Waals surface area (Å²) in [6, 6.07) is 3.16. The number of carbonyl (C=O) groups is 2. The van der Waals surface area contributed by atoms with Crippen molar-refractivity contribution in [2.45, 2.75) is 99.4 Å². The molecular formula is C51H64N4O13. The molecule has 1 saturated heterocycles. The van der Waals surface area contributed by atoms with E-state index < -0.39 is 88.1 Å². The largest absolute Gasteiger partial charge is 0.507 e. The van der Waals surface area contributed by atoms with Gasteiger partial charge in [0, 0.05) is 112 Å². The molecule has 9 atom stereocenters. The Morgan fingerprint density at radius 2 is 1.65 bits per heavy atom. The van der Waals surface area contributed by atoms with Gasteiger partial charge in [-0.05, 0) is 25.8 Å². The lowest BCUT2D eigenvalue weighted by Gasteiger charge is -2.38. The molecule has 366 valence electrons. The Morgan fingerprint density at radius 1 is 0.956 bits per heavy atom. The Kier molecular flexibility index (Phi) is 14.3. The van der Waals surface area contributed by atoms with Crippen molar-refractivity contribution in [2.24, 2.45) is 29.6 Å². The van der Waals surface area contributed by atoms with E-state index in [0.717, 1.165) is 19.6 Å². The molecule has 0 radical (unpaired) electrons. The lowest BCUT2D eigenvalue weighted by atomic mass is 9.78. The van der Waals surface area contributed by atoms with Gasteiger partial charge >= 0.3 is 11.8 Å². The third-order valence-electron chi connectivity index (χ3n) is 13.8. The number of ether oxygens (including phenoxy) is 4. The smallest absolute Gasteiger partial charge is 0.307 e. The van der Waals surface area contributed by atoms with Crippen LogP contribution in [0.25, 0.3) is 38.7 Å². The van der Waals surface area contributed by atoms with Gasteiger partial charge in [0.2, 0.25) is 10.9 Å². The molecule has 17 heteroatoms. The third-order valence-corrected chi connectivity index (χ3v) is 13.8. The average Bonchev–Trinajstić information content (AvgIpc) is 3.56. The van der Waals surface area contributed by atoms with Crippen LogP contribution >= 0.6 is 0 Å². The van der Waals surface area contributed by atoms with Crippen LogP contribution in [0.5, 0.6) is 11.5 Å². The number of nitrogens with one attached hydrogen (secondary N) is 1. The van der Waals surface area contributed by atoms with Crippen LogP contribution in [0.4, 0.5) is 11.4 Å². The molecule has 5 N–H and O–H groups in total. The van der Waals surface area contributed by atoms with Crippen molar-refractivity contribution in [2.75, 3.05) is 50.1 Å². The molecule has 1 fully saturated rings. The Hall–Kier alpha value is -6.01. The molecule has 3 aliphatic rings. The predicted molar refractivity (Wildman–Crippen MR) is 259 cm³/mol. The highest BCUT2D eigenvalue weighted by atomic mass is 16.7. The molecule has 17 nitrogen and oxygen atoms in total. The number of anilines is 2. The van der Waals surface area contributed by atoms with Gasteiger partial charge in [0.1, 0.15) is 28.8 Å². The fraction of sp³-hybridized carbons (Fsp3) is 0.510. The lowest BCUT2D eigenvalue weighted by molar-refractivity contribution is -0.160. The molecule has 1 amide bonds. The van der Waals surface area contributed by atoms with Crippen molar-refractivity contribution in [3.05, 3.63) is 79.5 Å². The number of benzene rings is 3. The maximum absolute atomic E-state index is 14.9. The topological polar surface area (TPSA) is 231 Å². The number of amides is 1. The summed E-state index contributed by atoms with van der Waals surface area (Å²) < 4.78 is 30.5. The number of methoxy groups -OCH3 is 1. The summed E-state index contributed by atoms with van der Waals surface area (Å²) >= 11 is 0. The number of piperazine rings is 1. The fourth-order valence-electron chi connectivity index (χ4n) is 9.76. The van der Waals surface area contributed by atoms with Gasteiger partial charge in [-0.25, -0.2) is 4.98 Å². The van der Waals surface area contributed by atoms with Crippen LogP contribution in [0, 0.1) is 36.5 Å². The number of rotatable bonds is 5. The number of aliphatic hydroxyl groups is 3. The summed E-state index contributed by atoms with van der Waals surface area (Å²) in [5, 5.41) is 49.3. The van der Waals surface area contributed by atoms with Crippen molar-refractivity contribution >= 4 is 62.0 Å². The van der Waals surface area contributed by atoms with Crippen LogP contribution in [0.2, 0.25) is 0 Å². The first-order valence-corrected chi connectivity index (χ1v) is 23.2. The van der Waals surface area contributed by atoms with Crippen LogP contribution in [0.15, 0.2) is 62.3 Å². The SMILES string of the molecule is CO[C@H]1C=CO[C@@]2(C)Oc3c(C)c(O)c4c(=O)c(c5oc6cc(N7CCN(CC(C)C)CC7)cc(=O)c6nc5c4c3=C2O)NC(=O)/C(C)=C\C=C/[C@H](C)[C@H](O)[C@@H](C)[C@@H](O)[C@H](C)[C@H](OC(C)=O)[C@H]1C. The normalized spacial score (nSPS) is 29.0. The van der Waals surface area contributed by atoms with E-state index >= 15 is 0 Å². The summed E-state index contributed by atoms with van der Waals surface area (Å²) in [5.74, 6) is -6.43. The Balaban J connectivity index is 1.46. The maximum atomic E-state index is 14.9. The molecule has 0 spiro atoms. The van der Waals surface area contributed by atoms with Crippen LogP contribution in [0.3, 0.4) is 0 Å². The standard InChI is InChI=1S/C51H64N4O13/c1-24(2)23-54-16-18-55(19-17-54)32-21-33(57)39-35(22-32)67-48-40(52-39)36-37-44(60)30(8)47-38(36)49(62)51(10,68-47)65-20-15-34(64-11)27(5)46(66-31(9)56)29(7)43(59)28(6)42(58)25(3)13-12-14-26(4)50(63)53-41(48)45(37)61/h12-15,20-22,24-25,27-29,34,42-43,46,58-60,62H,16-19,23H2,1-11H3,(H,53,63)/b13-12-,20-15?,26-14-/t25-,27-,28+,29-,34-,42-,43+,46+,51-/m0/s1. The molecule has 4 heterocycles. The lowest BCUT2D eigenvalue weighted by Crippen LogP contribution is -2.47. The summed E-state index contributed by atoms with van der Waals surface area (Å²) in [6.07, 6.45) is 3.57. The van der Waals surface area contributed by atoms with E-state index in [2.05, 4.69) is 29.0 Å². The van der Waals surface area contributed by atoms with Crippen molar-refractivity contribution in [3.63, 3.8) is 0 Å². The quantitative estimate of drug-likeness (QED) is 0.0966. The highest BCUT2D eigenvalue weighted by molar-refractivity contribution is 6.16. The number of fused-ring (bicyclic) bond motifs is 2. The average molecular weight is 941 g/mol. The highest BCUT2D eigenvalue weighted by Gasteiger charge is 2.44. The molecule has 4 aromatic rings. The van der Waals surface area contributed by atoms with Gasteiger partial charge < -0.3 is 54.0 Å². The van der Waals surface area contributed by atoms with Gasteiger partial charge in [-0.3, -0.25) is 24.1 Å². The molecule has 1 aromatic heterocycles. The summed E-state index contributed by atoms with van der Waals surface area (Å²) in [4.78, 5) is 64.7. The zero-order valence-corrected chi connectivity index (χ0v) is 40.6. The van der Waals surface area contributed by atoms with Crippen molar-refractivity contribution in [3.8, 4) is 11.5 Å². The number of hydrogen-bond acceptors (Lipinski definition) is 16. The van der Waals surface area contributed by atoms with Crippen LogP contribution < -0.4 is 31.0 Å². The monoisotopic (exact) mass is 940 g/mol. The maximum Gasteiger partial charge on any atom is 0.307 e. The first-order chi connectivity index (χ1) is 32.1. The molecule has 0 aliphatic carbocycles. The highest BCUT2D eigenvalue weighted by Crippen LogP contribution is 2.42. The minimum absolute atomic E-state index is 0.0390. The predicted octanol–water partition coefficient (Wildman–Crippen LogP) is 5.34. The summed E-state index contributed by atoms with van der Waals surface area (Å²) in [5.41, 5.74) is -1.35. The number of esters is 1. The minimum Gasteiger partial charge on any atom is -0.507 e. The van der Waals surface area contributed by atoms with E-state index in [9.17, 15) is 39.6 Å². The number of hydrogen-bond donors (Lipinski definition) is 5. The second-order valence-corrected chi connectivity index (χ2v) is 19.2. The zero-order valence-electron chi connectivity index (χ0n) is 40.6. The number of allylic oxidation sites excluding steroid dienone is 2. The fourth-order valence-corrected chi connectivity index (χ4v) is 9.76. The summed E-state index contributed by atoms with van der Waals surface area (Å²) in [7, 11) is 1.45. The Labute approximate surface area is 394 Å². The van der Waals surface area contributed by atoms with E-state index in [1.54, 1.807) is 45.9 Å². The molecule has 0 saturated carbocycles.